The molecule has 0 atom stereocenters. The van der Waals surface area contributed by atoms with Crippen LogP contribution in [0.15, 0.2) is 18.2 Å². The van der Waals surface area contributed by atoms with E-state index >= 15 is 0 Å². The molecule has 1 aromatic rings. The lowest BCUT2D eigenvalue weighted by atomic mass is 10.2. The molecule has 0 spiro atoms. The van der Waals surface area contributed by atoms with E-state index in [1.807, 2.05) is 6.92 Å². The zero-order chi connectivity index (χ0) is 13.5. The van der Waals surface area contributed by atoms with Crippen LogP contribution in [0.5, 0.6) is 0 Å². The smallest absolute Gasteiger partial charge is 0.293 e. The number of nitrogens with one attached hydrogen (secondary N) is 2. The second-order valence-corrected chi connectivity index (χ2v) is 4.00. The normalized spacial score (nSPS) is 9.89. The lowest BCUT2D eigenvalue weighted by Crippen LogP contribution is -2.30. The first-order valence-corrected chi connectivity index (χ1v) is 5.87. The van der Waals surface area contributed by atoms with Crippen molar-refractivity contribution in [2.75, 3.05) is 18.4 Å². The van der Waals surface area contributed by atoms with Crippen molar-refractivity contribution in [1.82, 2.24) is 5.32 Å². The molecule has 0 bridgehead atoms. The van der Waals surface area contributed by atoms with Gasteiger partial charge in [0.15, 0.2) is 0 Å². The van der Waals surface area contributed by atoms with E-state index in [1.165, 1.54) is 18.2 Å². The zero-order valence-corrected chi connectivity index (χ0v) is 10.7. The van der Waals surface area contributed by atoms with E-state index in [1.54, 1.807) is 0 Å². The van der Waals surface area contributed by atoms with Crippen molar-refractivity contribution in [1.29, 1.82) is 0 Å². The molecule has 0 unspecified atom stereocenters. The Hall–Kier alpha value is -1.82. The average Bonchev–Trinajstić information content (AvgIpc) is 2.34. The van der Waals surface area contributed by atoms with Gasteiger partial charge in [0, 0.05) is 12.6 Å². The van der Waals surface area contributed by atoms with E-state index < -0.39 is 4.92 Å². The van der Waals surface area contributed by atoms with Gasteiger partial charge in [-0.3, -0.25) is 14.9 Å². The molecule has 1 rings (SSSR count). The molecule has 6 nitrogen and oxygen atoms in total. The topological polar surface area (TPSA) is 84.3 Å². The summed E-state index contributed by atoms with van der Waals surface area (Å²) in [5, 5.41) is 16.4. The Labute approximate surface area is 109 Å². The van der Waals surface area contributed by atoms with Crippen molar-refractivity contribution in [3.05, 3.63) is 33.3 Å². The monoisotopic (exact) mass is 271 g/mol. The summed E-state index contributed by atoms with van der Waals surface area (Å²) in [5.74, 6) is -0.230. The van der Waals surface area contributed by atoms with Gasteiger partial charge in [0.2, 0.25) is 5.91 Å². The number of amides is 1. The quantitative estimate of drug-likeness (QED) is 0.613. The molecule has 1 amide bonds. The Morgan fingerprint density at radius 1 is 1.50 bits per heavy atom. The van der Waals surface area contributed by atoms with Gasteiger partial charge in [-0.1, -0.05) is 24.6 Å². The standard InChI is InChI=1S/C11H14ClN3O3/c1-2-6-13-10(16)7-14-11-8(12)4-3-5-9(11)15(17)18/h3-5,14H,2,6-7H2,1H3,(H,13,16). The number of rotatable bonds is 6. The highest BCUT2D eigenvalue weighted by Crippen LogP contribution is 2.31. The fourth-order valence-electron chi connectivity index (χ4n) is 1.34. The van der Waals surface area contributed by atoms with Crippen LogP contribution >= 0.6 is 11.6 Å². The summed E-state index contributed by atoms with van der Waals surface area (Å²) >= 11 is 5.86. The molecule has 1 aromatic carbocycles. The highest BCUT2D eigenvalue weighted by molar-refractivity contribution is 6.33. The van der Waals surface area contributed by atoms with E-state index in [2.05, 4.69) is 10.6 Å². The number of nitro groups is 1. The lowest BCUT2D eigenvalue weighted by Gasteiger charge is -2.08. The fraction of sp³-hybridized carbons (Fsp3) is 0.364. The van der Waals surface area contributed by atoms with Gasteiger partial charge < -0.3 is 10.6 Å². The minimum atomic E-state index is -0.543. The van der Waals surface area contributed by atoms with Crippen LogP contribution in [0.25, 0.3) is 0 Å². The predicted octanol–water partition coefficient (Wildman–Crippen LogP) is 2.19. The largest absolute Gasteiger partial charge is 0.369 e. The van der Waals surface area contributed by atoms with Crippen LogP contribution in [0.2, 0.25) is 5.02 Å². The van der Waals surface area contributed by atoms with Crippen molar-refractivity contribution in [2.24, 2.45) is 0 Å². The number of anilines is 1. The summed E-state index contributed by atoms with van der Waals surface area (Å²) in [7, 11) is 0. The molecule has 0 saturated carbocycles. The Morgan fingerprint density at radius 3 is 2.83 bits per heavy atom. The molecular weight excluding hydrogens is 258 g/mol. The highest BCUT2D eigenvalue weighted by atomic mass is 35.5. The molecule has 0 heterocycles. The first-order chi connectivity index (χ1) is 8.56. The zero-order valence-electron chi connectivity index (χ0n) is 9.90. The van der Waals surface area contributed by atoms with E-state index in [-0.39, 0.29) is 28.8 Å². The first-order valence-electron chi connectivity index (χ1n) is 5.49. The van der Waals surface area contributed by atoms with Crippen LogP contribution < -0.4 is 10.6 Å². The number of carbonyl (C=O) groups is 1. The number of halogens is 1. The van der Waals surface area contributed by atoms with Gasteiger partial charge in [0.25, 0.3) is 5.69 Å². The third-order valence-corrected chi connectivity index (χ3v) is 2.50. The molecule has 98 valence electrons. The van der Waals surface area contributed by atoms with Crippen LogP contribution in [0.3, 0.4) is 0 Å². The van der Waals surface area contributed by atoms with Gasteiger partial charge in [-0.25, -0.2) is 0 Å². The second-order valence-electron chi connectivity index (χ2n) is 3.59. The maximum Gasteiger partial charge on any atom is 0.293 e. The first kappa shape index (κ1) is 14.2. The maximum atomic E-state index is 11.4. The SMILES string of the molecule is CCCNC(=O)CNc1c(Cl)cccc1[N+](=O)[O-]. The number of nitro benzene ring substituents is 1. The van der Waals surface area contributed by atoms with E-state index in [4.69, 9.17) is 11.6 Å². The molecule has 7 heteroatoms. The fourth-order valence-corrected chi connectivity index (χ4v) is 1.57. The Bertz CT molecular complexity index is 451. The molecular formula is C11H14ClN3O3. The molecule has 0 saturated heterocycles. The van der Waals surface area contributed by atoms with Crippen molar-refractivity contribution in [3.63, 3.8) is 0 Å². The number of hydrogen-bond acceptors (Lipinski definition) is 4. The van der Waals surface area contributed by atoms with Gasteiger partial charge >= 0.3 is 0 Å². The van der Waals surface area contributed by atoms with Crippen molar-refractivity contribution in [3.8, 4) is 0 Å². The summed E-state index contributed by atoms with van der Waals surface area (Å²) in [6, 6.07) is 4.35. The highest BCUT2D eigenvalue weighted by Gasteiger charge is 2.16. The summed E-state index contributed by atoms with van der Waals surface area (Å²) in [4.78, 5) is 21.6. The Morgan fingerprint density at radius 2 is 2.22 bits per heavy atom. The predicted molar refractivity (Wildman–Crippen MR) is 69.9 cm³/mol. The number of carbonyl (C=O) groups excluding carboxylic acids is 1. The molecule has 0 aliphatic carbocycles. The van der Waals surface area contributed by atoms with Crippen molar-refractivity contribution < 1.29 is 9.72 Å². The Balaban J connectivity index is 2.72. The van der Waals surface area contributed by atoms with Crippen LogP contribution in [-0.2, 0) is 4.79 Å². The Kier molecular flexibility index (Phi) is 5.38. The van der Waals surface area contributed by atoms with Gasteiger partial charge in [-0.05, 0) is 12.5 Å². The number of nitrogens with zero attached hydrogens (tertiary/aromatic N) is 1. The number of benzene rings is 1. The minimum absolute atomic E-state index is 0.0510. The number of para-hydroxylation sites is 1. The van der Waals surface area contributed by atoms with Crippen LogP contribution in [-0.4, -0.2) is 23.9 Å². The van der Waals surface area contributed by atoms with Crippen molar-refractivity contribution >= 4 is 28.9 Å². The molecule has 0 fully saturated rings. The molecule has 18 heavy (non-hydrogen) atoms. The molecule has 0 radical (unpaired) electrons. The van der Waals surface area contributed by atoms with Crippen LogP contribution in [0.4, 0.5) is 11.4 Å². The van der Waals surface area contributed by atoms with Gasteiger partial charge in [0.05, 0.1) is 16.5 Å². The summed E-state index contributed by atoms with van der Waals surface area (Å²) in [6.07, 6.45) is 0.831. The summed E-state index contributed by atoms with van der Waals surface area (Å²) in [6.45, 7) is 2.46. The maximum absolute atomic E-state index is 11.4. The van der Waals surface area contributed by atoms with Crippen LogP contribution in [0.1, 0.15) is 13.3 Å². The van der Waals surface area contributed by atoms with Crippen molar-refractivity contribution in [2.45, 2.75) is 13.3 Å². The minimum Gasteiger partial charge on any atom is -0.369 e. The molecule has 0 aliphatic rings. The van der Waals surface area contributed by atoms with Gasteiger partial charge in [-0.15, -0.1) is 0 Å². The third kappa shape index (κ3) is 3.89. The van der Waals surface area contributed by atoms with E-state index in [9.17, 15) is 14.9 Å². The summed E-state index contributed by atoms with van der Waals surface area (Å²) < 4.78 is 0. The average molecular weight is 272 g/mol. The van der Waals surface area contributed by atoms with Crippen LogP contribution in [0, 0.1) is 10.1 Å². The molecule has 0 aromatic heterocycles. The second kappa shape index (κ2) is 6.80. The lowest BCUT2D eigenvalue weighted by molar-refractivity contribution is -0.383. The third-order valence-electron chi connectivity index (χ3n) is 2.19. The van der Waals surface area contributed by atoms with Gasteiger partial charge in [-0.2, -0.15) is 0 Å². The molecule has 2 N–H and O–H groups in total. The molecule has 0 aliphatic heterocycles. The summed E-state index contributed by atoms with van der Waals surface area (Å²) in [5.41, 5.74) is 0.0154. The van der Waals surface area contributed by atoms with E-state index in [0.29, 0.717) is 6.54 Å². The van der Waals surface area contributed by atoms with E-state index in [0.717, 1.165) is 6.42 Å². The number of hydrogen-bond donors (Lipinski definition) is 2. The van der Waals surface area contributed by atoms with Gasteiger partial charge in [0.1, 0.15) is 5.69 Å².